The van der Waals surface area contributed by atoms with Crippen molar-refractivity contribution in [2.24, 2.45) is 0 Å². The smallest absolute Gasteiger partial charge is 0.243 e. The summed E-state index contributed by atoms with van der Waals surface area (Å²) in [5.41, 5.74) is 0. The minimum Gasteiger partial charge on any atom is -0.382 e. The summed E-state index contributed by atoms with van der Waals surface area (Å²) < 4.78 is 15.5. The van der Waals surface area contributed by atoms with E-state index in [4.69, 9.17) is 14.0 Å². The average molecular weight is 241 g/mol. The van der Waals surface area contributed by atoms with E-state index in [1.54, 1.807) is 7.11 Å². The second-order valence-corrected chi connectivity index (χ2v) is 4.05. The number of hydrogen-bond acceptors (Lipinski definition) is 6. The molecule has 0 aromatic carbocycles. The molecule has 0 bridgehead atoms. The van der Waals surface area contributed by atoms with Gasteiger partial charge >= 0.3 is 0 Å². The van der Waals surface area contributed by atoms with Crippen molar-refractivity contribution in [2.45, 2.75) is 25.3 Å². The Bertz CT molecular complexity index is 324. The lowest BCUT2D eigenvalue weighted by molar-refractivity contribution is 0.0714. The lowest BCUT2D eigenvalue weighted by atomic mass is 10.2. The molecule has 1 atom stereocenters. The number of ether oxygens (including phenoxy) is 2. The van der Waals surface area contributed by atoms with Gasteiger partial charge in [0.1, 0.15) is 0 Å². The highest BCUT2D eigenvalue weighted by atomic mass is 16.5. The van der Waals surface area contributed by atoms with Gasteiger partial charge in [0.25, 0.3) is 0 Å². The fourth-order valence-electron chi connectivity index (χ4n) is 1.81. The van der Waals surface area contributed by atoms with E-state index in [1.807, 2.05) is 0 Å². The zero-order valence-corrected chi connectivity index (χ0v) is 10.1. The van der Waals surface area contributed by atoms with Gasteiger partial charge in [-0.2, -0.15) is 4.98 Å². The Morgan fingerprint density at radius 1 is 1.41 bits per heavy atom. The van der Waals surface area contributed by atoms with Gasteiger partial charge in [-0.1, -0.05) is 5.16 Å². The molecule has 6 heteroatoms. The molecule has 1 aliphatic heterocycles. The van der Waals surface area contributed by atoms with E-state index < -0.39 is 0 Å². The topological polar surface area (TPSA) is 69.4 Å². The molecule has 1 aromatic heterocycles. The van der Waals surface area contributed by atoms with Crippen molar-refractivity contribution in [3.05, 3.63) is 11.7 Å². The summed E-state index contributed by atoms with van der Waals surface area (Å²) >= 11 is 0. The lowest BCUT2D eigenvalue weighted by Crippen LogP contribution is -2.13. The van der Waals surface area contributed by atoms with Crippen LogP contribution < -0.4 is 5.32 Å². The predicted octanol–water partition coefficient (Wildman–Crippen LogP) is 0.700. The van der Waals surface area contributed by atoms with Crippen LogP contribution in [0.1, 0.15) is 30.6 Å². The van der Waals surface area contributed by atoms with Crippen LogP contribution in [0.2, 0.25) is 0 Å². The van der Waals surface area contributed by atoms with Crippen molar-refractivity contribution in [3.63, 3.8) is 0 Å². The quantitative estimate of drug-likeness (QED) is 0.709. The summed E-state index contributed by atoms with van der Waals surface area (Å²) in [7, 11) is 1.66. The second-order valence-electron chi connectivity index (χ2n) is 4.05. The van der Waals surface area contributed by atoms with Crippen LogP contribution in [0, 0.1) is 0 Å². The Balaban J connectivity index is 1.70. The molecule has 96 valence electrons. The molecule has 2 rings (SSSR count). The Kier molecular flexibility index (Phi) is 4.90. The van der Waals surface area contributed by atoms with Crippen LogP contribution in [-0.4, -0.2) is 43.6 Å². The molecule has 6 nitrogen and oxygen atoms in total. The van der Waals surface area contributed by atoms with Crippen molar-refractivity contribution in [1.29, 1.82) is 0 Å². The molecule has 0 radical (unpaired) electrons. The maximum atomic E-state index is 5.35. The van der Waals surface area contributed by atoms with Crippen molar-refractivity contribution in [2.75, 3.05) is 33.5 Å². The molecule has 0 aliphatic carbocycles. The first-order valence-corrected chi connectivity index (χ1v) is 6.02. The third-order valence-corrected chi connectivity index (χ3v) is 2.74. The Labute approximate surface area is 101 Å². The van der Waals surface area contributed by atoms with Crippen LogP contribution in [0.5, 0.6) is 0 Å². The molecule has 1 aromatic rings. The number of methoxy groups -OCH3 is 1. The molecule has 1 aliphatic rings. The maximum absolute atomic E-state index is 5.35. The number of nitrogens with zero attached hydrogens (tertiary/aromatic N) is 2. The first-order valence-electron chi connectivity index (χ1n) is 6.02. The van der Waals surface area contributed by atoms with E-state index in [0.717, 1.165) is 13.0 Å². The molecule has 1 unspecified atom stereocenters. The summed E-state index contributed by atoms with van der Waals surface area (Å²) in [6.45, 7) is 2.85. The third-order valence-electron chi connectivity index (χ3n) is 2.74. The first-order chi connectivity index (χ1) is 8.40. The Morgan fingerprint density at radius 3 is 3.12 bits per heavy atom. The van der Waals surface area contributed by atoms with Gasteiger partial charge in [0, 0.05) is 13.5 Å². The molecule has 17 heavy (non-hydrogen) atoms. The third kappa shape index (κ3) is 3.76. The first kappa shape index (κ1) is 12.5. The predicted molar refractivity (Wildman–Crippen MR) is 60.7 cm³/mol. The highest BCUT2D eigenvalue weighted by molar-refractivity contribution is 4.95. The van der Waals surface area contributed by atoms with E-state index in [-0.39, 0.29) is 6.04 Å². The minimum atomic E-state index is 0.241. The number of aromatic nitrogens is 2. The van der Waals surface area contributed by atoms with Gasteiger partial charge in [0.05, 0.1) is 25.9 Å². The maximum Gasteiger partial charge on any atom is 0.243 e. The standard InChI is InChI=1S/C11H19N3O3/c1-15-7-8-16-6-4-10-13-11(17-14-10)9-3-2-5-12-9/h9,12H,2-8H2,1H3. The molecular formula is C11H19N3O3. The summed E-state index contributed by atoms with van der Waals surface area (Å²) in [5.74, 6) is 1.42. The SMILES string of the molecule is COCCOCCc1noc(C2CCCN2)n1. The molecule has 1 fully saturated rings. The van der Waals surface area contributed by atoms with Gasteiger partial charge in [-0.05, 0) is 19.4 Å². The van der Waals surface area contributed by atoms with Crippen molar-refractivity contribution in [3.8, 4) is 0 Å². The van der Waals surface area contributed by atoms with E-state index in [1.165, 1.54) is 6.42 Å². The normalized spacial score (nSPS) is 19.9. The van der Waals surface area contributed by atoms with Crippen LogP contribution >= 0.6 is 0 Å². The molecule has 1 saturated heterocycles. The fraction of sp³-hybridized carbons (Fsp3) is 0.818. The van der Waals surface area contributed by atoms with Crippen LogP contribution in [0.3, 0.4) is 0 Å². The van der Waals surface area contributed by atoms with Gasteiger partial charge in [0.15, 0.2) is 5.82 Å². The second kappa shape index (κ2) is 6.68. The van der Waals surface area contributed by atoms with Crippen LogP contribution in [-0.2, 0) is 15.9 Å². The van der Waals surface area contributed by atoms with Gasteiger partial charge in [-0.25, -0.2) is 0 Å². The van der Waals surface area contributed by atoms with Crippen molar-refractivity contribution < 1.29 is 14.0 Å². The zero-order valence-electron chi connectivity index (χ0n) is 10.1. The van der Waals surface area contributed by atoms with E-state index in [0.29, 0.717) is 38.0 Å². The fourth-order valence-corrected chi connectivity index (χ4v) is 1.81. The minimum absolute atomic E-state index is 0.241. The zero-order chi connectivity index (χ0) is 11.9. The van der Waals surface area contributed by atoms with Crippen LogP contribution in [0.25, 0.3) is 0 Å². The highest BCUT2D eigenvalue weighted by Crippen LogP contribution is 2.20. The highest BCUT2D eigenvalue weighted by Gasteiger charge is 2.21. The van der Waals surface area contributed by atoms with Gasteiger partial charge in [-0.3, -0.25) is 0 Å². The number of hydrogen-bond donors (Lipinski definition) is 1. The van der Waals surface area contributed by atoms with Gasteiger partial charge < -0.3 is 19.3 Å². The van der Waals surface area contributed by atoms with E-state index >= 15 is 0 Å². The van der Waals surface area contributed by atoms with E-state index in [2.05, 4.69) is 15.5 Å². The van der Waals surface area contributed by atoms with Gasteiger partial charge in [-0.15, -0.1) is 0 Å². The molecule has 2 heterocycles. The summed E-state index contributed by atoms with van der Waals surface area (Å²) in [4.78, 5) is 4.36. The molecule has 0 saturated carbocycles. The molecular weight excluding hydrogens is 222 g/mol. The van der Waals surface area contributed by atoms with Crippen molar-refractivity contribution in [1.82, 2.24) is 15.5 Å². The Morgan fingerprint density at radius 2 is 2.35 bits per heavy atom. The molecule has 1 N–H and O–H groups in total. The van der Waals surface area contributed by atoms with Gasteiger partial charge in [0.2, 0.25) is 5.89 Å². The molecule has 0 spiro atoms. The summed E-state index contributed by atoms with van der Waals surface area (Å²) in [6, 6.07) is 0.241. The number of rotatable bonds is 7. The molecule has 0 amide bonds. The lowest BCUT2D eigenvalue weighted by Gasteiger charge is -2.01. The number of nitrogens with one attached hydrogen (secondary N) is 1. The van der Waals surface area contributed by atoms with Crippen LogP contribution in [0.4, 0.5) is 0 Å². The Hall–Kier alpha value is -0.980. The van der Waals surface area contributed by atoms with Crippen molar-refractivity contribution >= 4 is 0 Å². The van der Waals surface area contributed by atoms with E-state index in [9.17, 15) is 0 Å². The summed E-state index contributed by atoms with van der Waals surface area (Å²) in [5, 5.41) is 7.27. The monoisotopic (exact) mass is 241 g/mol. The van der Waals surface area contributed by atoms with Crippen LogP contribution in [0.15, 0.2) is 4.52 Å². The largest absolute Gasteiger partial charge is 0.382 e. The average Bonchev–Trinajstić information content (AvgIpc) is 2.99. The summed E-state index contributed by atoms with van der Waals surface area (Å²) in [6.07, 6.45) is 2.93.